The third-order valence-electron chi connectivity index (χ3n) is 6.82. The molecule has 0 unspecified atom stereocenters. The molecular weight excluding hydrogens is 478 g/mol. The number of nitrogens with one attached hydrogen (secondary N) is 1. The molecule has 0 bridgehead atoms. The second-order valence-electron chi connectivity index (χ2n) is 10.00. The molecule has 0 aromatic heterocycles. The third kappa shape index (κ3) is 13.6. The van der Waals surface area contributed by atoms with Gasteiger partial charge in [-0.25, -0.2) is 13.2 Å². The zero-order valence-corrected chi connectivity index (χ0v) is 23.5. The van der Waals surface area contributed by atoms with Crippen molar-refractivity contribution in [3.8, 4) is 0 Å². The molecule has 1 aromatic carbocycles. The van der Waals surface area contributed by atoms with Crippen LogP contribution in [0.25, 0.3) is 0 Å². The van der Waals surface area contributed by atoms with Crippen LogP contribution in [0.5, 0.6) is 0 Å². The van der Waals surface area contributed by atoms with Gasteiger partial charge in [0.2, 0.25) is 10.0 Å². The Morgan fingerprint density at radius 3 is 1.80 bits per heavy atom. The van der Waals surface area contributed by atoms with Crippen LogP contribution in [0.15, 0.2) is 29.4 Å². The maximum atomic E-state index is 12.6. The first-order valence-corrected chi connectivity index (χ1v) is 16.1. The molecular formula is C28H48ClN3O2S. The maximum absolute atomic E-state index is 12.6. The third-order valence-corrected chi connectivity index (χ3v) is 8.26. The van der Waals surface area contributed by atoms with Crippen molar-refractivity contribution < 1.29 is 8.42 Å². The highest BCUT2D eigenvalue weighted by molar-refractivity contribution is 7.89. The van der Waals surface area contributed by atoms with Gasteiger partial charge in [-0.05, 0) is 49.9 Å². The number of nitrogens with zero attached hydrogens (tertiary/aromatic N) is 2. The normalized spacial score (nSPS) is 14.9. The average molecular weight is 526 g/mol. The Morgan fingerprint density at radius 1 is 0.800 bits per heavy atom. The topological polar surface area (TPSA) is 61.8 Å². The summed E-state index contributed by atoms with van der Waals surface area (Å²) in [6.45, 7) is 4.05. The summed E-state index contributed by atoms with van der Waals surface area (Å²) in [6.07, 6.45) is 20.9. The lowest BCUT2D eigenvalue weighted by Crippen LogP contribution is -2.38. The summed E-state index contributed by atoms with van der Waals surface area (Å²) in [7, 11) is -3.44. The van der Waals surface area contributed by atoms with Crippen LogP contribution in [-0.2, 0) is 10.0 Å². The molecule has 1 heterocycles. The van der Waals surface area contributed by atoms with E-state index in [4.69, 9.17) is 11.6 Å². The molecule has 35 heavy (non-hydrogen) atoms. The molecule has 5 nitrogen and oxygen atoms in total. The zero-order valence-electron chi connectivity index (χ0n) is 21.9. The van der Waals surface area contributed by atoms with E-state index in [-0.39, 0.29) is 5.75 Å². The van der Waals surface area contributed by atoms with Gasteiger partial charge in [0.15, 0.2) is 5.84 Å². The Bertz CT molecular complexity index is 806. The van der Waals surface area contributed by atoms with E-state index in [1.807, 2.05) is 24.3 Å². The largest absolute Gasteiger partial charge is 0.355 e. The highest BCUT2D eigenvalue weighted by Crippen LogP contribution is 2.17. The van der Waals surface area contributed by atoms with Crippen molar-refractivity contribution in [1.29, 1.82) is 0 Å². The Kier molecular flexibility index (Phi) is 15.4. The van der Waals surface area contributed by atoms with Crippen LogP contribution in [0.3, 0.4) is 0 Å². The van der Waals surface area contributed by atoms with Crippen molar-refractivity contribution in [3.05, 3.63) is 34.9 Å². The first-order valence-electron chi connectivity index (χ1n) is 14.1. The maximum Gasteiger partial charge on any atom is 0.247 e. The van der Waals surface area contributed by atoms with Gasteiger partial charge in [0.05, 0.1) is 5.75 Å². The van der Waals surface area contributed by atoms with E-state index in [1.165, 1.54) is 77.0 Å². The van der Waals surface area contributed by atoms with E-state index in [1.54, 1.807) is 0 Å². The summed E-state index contributed by atoms with van der Waals surface area (Å²) < 4.78 is 25.1. The number of likely N-dealkylation sites (tertiary alicyclic amines) is 1. The molecule has 0 radical (unpaired) electrons. The molecule has 1 N–H and O–H groups in total. The molecule has 0 saturated carbocycles. The molecule has 1 saturated heterocycles. The van der Waals surface area contributed by atoms with Crippen molar-refractivity contribution in [1.82, 2.24) is 9.73 Å². The SMILES string of the molecule is CCCCCCCCCCCCCCCCS(=O)(=O)N/N=C(/c1ccc(Cl)cc1)N1CCCCC1. The summed E-state index contributed by atoms with van der Waals surface area (Å²) in [5, 5.41) is 5.02. The van der Waals surface area contributed by atoms with Gasteiger partial charge < -0.3 is 4.90 Å². The average Bonchev–Trinajstić information content (AvgIpc) is 2.86. The number of amidine groups is 1. The number of halogens is 1. The number of sulfonamides is 1. The van der Waals surface area contributed by atoms with E-state index in [0.717, 1.165) is 44.3 Å². The molecule has 2 rings (SSSR count). The Balaban J connectivity index is 1.63. The minimum absolute atomic E-state index is 0.127. The number of hydrazone groups is 1. The number of piperidine rings is 1. The monoisotopic (exact) mass is 525 g/mol. The van der Waals surface area contributed by atoms with Gasteiger partial charge in [-0.3, -0.25) is 0 Å². The Morgan fingerprint density at radius 2 is 1.29 bits per heavy atom. The van der Waals surface area contributed by atoms with E-state index < -0.39 is 10.0 Å². The molecule has 7 heteroatoms. The second kappa shape index (κ2) is 18.0. The first kappa shape index (κ1) is 30.0. The Hall–Kier alpha value is -1.27. The van der Waals surface area contributed by atoms with E-state index in [2.05, 4.69) is 21.8 Å². The van der Waals surface area contributed by atoms with Crippen molar-refractivity contribution in [2.45, 2.75) is 116 Å². The van der Waals surface area contributed by atoms with E-state index in [9.17, 15) is 8.42 Å². The van der Waals surface area contributed by atoms with Crippen LogP contribution >= 0.6 is 11.6 Å². The highest BCUT2D eigenvalue weighted by Gasteiger charge is 2.18. The van der Waals surface area contributed by atoms with Crippen molar-refractivity contribution in [3.63, 3.8) is 0 Å². The summed E-state index contributed by atoms with van der Waals surface area (Å²) in [4.78, 5) is 4.67. The summed E-state index contributed by atoms with van der Waals surface area (Å²) in [5.41, 5.74) is 0.885. The smallest absolute Gasteiger partial charge is 0.247 e. The molecule has 1 fully saturated rings. The van der Waals surface area contributed by atoms with E-state index in [0.29, 0.717) is 17.3 Å². The molecule has 0 atom stereocenters. The van der Waals surface area contributed by atoms with Crippen LogP contribution in [-0.4, -0.2) is 38.0 Å². The zero-order chi connectivity index (χ0) is 25.2. The predicted octanol–water partition coefficient (Wildman–Crippen LogP) is 7.89. The first-order chi connectivity index (χ1) is 17.0. The van der Waals surface area contributed by atoms with Crippen molar-refractivity contribution in [2.24, 2.45) is 5.10 Å². The van der Waals surface area contributed by atoms with Gasteiger partial charge in [-0.1, -0.05) is 102 Å². The van der Waals surface area contributed by atoms with Crippen LogP contribution in [0, 0.1) is 0 Å². The van der Waals surface area contributed by atoms with Crippen LogP contribution < -0.4 is 4.83 Å². The number of hydrogen-bond acceptors (Lipinski definition) is 3. The van der Waals surface area contributed by atoms with Gasteiger partial charge >= 0.3 is 0 Å². The predicted molar refractivity (Wildman–Crippen MR) is 151 cm³/mol. The van der Waals surface area contributed by atoms with Gasteiger partial charge in [0, 0.05) is 23.7 Å². The molecule has 1 aliphatic rings. The quantitative estimate of drug-likeness (QED) is 0.0916. The molecule has 1 aromatic rings. The summed E-state index contributed by atoms with van der Waals surface area (Å²) >= 11 is 6.04. The number of benzene rings is 1. The number of rotatable bonds is 18. The lowest BCUT2D eigenvalue weighted by molar-refractivity contribution is 0.341. The standard InChI is InChI=1S/C28H48ClN3O2S/c1-2-3-4-5-6-7-8-9-10-11-12-13-14-18-25-35(33,34)31-30-28(32-23-16-15-17-24-32)26-19-21-27(29)22-20-26/h19-22,31H,2-18,23-25H2,1H3/b30-28-. The van der Waals surface area contributed by atoms with Crippen LogP contribution in [0.2, 0.25) is 5.02 Å². The van der Waals surface area contributed by atoms with Gasteiger partial charge in [0.1, 0.15) is 0 Å². The molecule has 0 aliphatic carbocycles. The highest BCUT2D eigenvalue weighted by atomic mass is 35.5. The van der Waals surface area contributed by atoms with Crippen LogP contribution in [0.4, 0.5) is 0 Å². The molecule has 1 aliphatic heterocycles. The van der Waals surface area contributed by atoms with Crippen LogP contribution in [0.1, 0.15) is 122 Å². The lowest BCUT2D eigenvalue weighted by Gasteiger charge is -2.29. The van der Waals surface area contributed by atoms with Gasteiger partial charge in [-0.2, -0.15) is 0 Å². The molecule has 200 valence electrons. The van der Waals surface area contributed by atoms with Crippen molar-refractivity contribution >= 4 is 27.5 Å². The van der Waals surface area contributed by atoms with E-state index >= 15 is 0 Å². The second-order valence-corrected chi connectivity index (χ2v) is 12.3. The van der Waals surface area contributed by atoms with Crippen molar-refractivity contribution in [2.75, 3.05) is 18.8 Å². The fourth-order valence-corrected chi connectivity index (χ4v) is 5.69. The number of hydrogen-bond donors (Lipinski definition) is 1. The lowest BCUT2D eigenvalue weighted by atomic mass is 10.0. The molecule has 0 spiro atoms. The minimum Gasteiger partial charge on any atom is -0.355 e. The fourth-order valence-electron chi connectivity index (χ4n) is 4.67. The fraction of sp³-hybridized carbons (Fsp3) is 0.750. The van der Waals surface area contributed by atoms with Gasteiger partial charge in [0.25, 0.3) is 0 Å². The Labute approximate surface area is 220 Å². The minimum atomic E-state index is -3.44. The van der Waals surface area contributed by atoms with Gasteiger partial charge in [-0.15, -0.1) is 5.10 Å². The molecule has 0 amide bonds. The summed E-state index contributed by atoms with van der Waals surface area (Å²) in [6, 6.07) is 7.44. The summed E-state index contributed by atoms with van der Waals surface area (Å²) in [5.74, 6) is 0.813. The number of unbranched alkanes of at least 4 members (excludes halogenated alkanes) is 13.